The summed E-state index contributed by atoms with van der Waals surface area (Å²) in [5, 5.41) is 10.1. The minimum atomic E-state index is -4.56. The quantitative estimate of drug-likeness (QED) is 0.629. The maximum atomic E-state index is 13.2. The zero-order valence-corrected chi connectivity index (χ0v) is 16.8. The number of benzene rings is 1. The molecule has 0 aliphatic heterocycles. The second-order valence-corrected chi connectivity index (χ2v) is 8.68. The van der Waals surface area contributed by atoms with Crippen molar-refractivity contribution in [2.75, 3.05) is 5.32 Å². The van der Waals surface area contributed by atoms with Gasteiger partial charge in [-0.05, 0) is 49.1 Å². The molecule has 0 bridgehead atoms. The molecule has 30 heavy (non-hydrogen) atoms. The predicted molar refractivity (Wildman–Crippen MR) is 104 cm³/mol. The summed E-state index contributed by atoms with van der Waals surface area (Å²) in [7, 11) is -3.91. The first kappa shape index (κ1) is 22.0. The van der Waals surface area contributed by atoms with Crippen LogP contribution in [-0.2, 0) is 16.2 Å². The van der Waals surface area contributed by atoms with Gasteiger partial charge in [0.25, 0.3) is 0 Å². The molecule has 4 N–H and O–H groups in total. The van der Waals surface area contributed by atoms with Gasteiger partial charge in [-0.15, -0.1) is 0 Å². The van der Waals surface area contributed by atoms with Crippen LogP contribution in [0.2, 0.25) is 0 Å². The van der Waals surface area contributed by atoms with E-state index >= 15 is 0 Å². The SMILES string of the molecule is CCC(NC(=O)Nc1cc(C(F)(F)F)cc(C2CC2)n1)c1cccc(S(N)(=O)=O)c1. The number of carbonyl (C=O) groups is 1. The molecule has 1 aliphatic carbocycles. The highest BCUT2D eigenvalue weighted by atomic mass is 32.2. The number of amides is 2. The summed E-state index contributed by atoms with van der Waals surface area (Å²) in [5.41, 5.74) is -0.0783. The van der Waals surface area contributed by atoms with Crippen LogP contribution in [0.5, 0.6) is 0 Å². The third-order valence-corrected chi connectivity index (χ3v) is 5.62. The molecule has 3 rings (SSSR count). The van der Waals surface area contributed by atoms with Gasteiger partial charge in [0.05, 0.1) is 16.5 Å². The Morgan fingerprint density at radius 3 is 2.53 bits per heavy atom. The van der Waals surface area contributed by atoms with E-state index in [9.17, 15) is 26.4 Å². The van der Waals surface area contributed by atoms with Crippen LogP contribution in [0.1, 0.15) is 55.0 Å². The highest BCUT2D eigenvalue weighted by molar-refractivity contribution is 7.89. The Hall–Kier alpha value is -2.66. The Bertz CT molecular complexity index is 1050. The number of aromatic nitrogens is 1. The zero-order valence-electron chi connectivity index (χ0n) is 16.0. The van der Waals surface area contributed by atoms with Crippen molar-refractivity contribution < 1.29 is 26.4 Å². The van der Waals surface area contributed by atoms with E-state index in [2.05, 4.69) is 15.6 Å². The monoisotopic (exact) mass is 442 g/mol. The second-order valence-electron chi connectivity index (χ2n) is 7.11. The maximum Gasteiger partial charge on any atom is 0.416 e. The summed E-state index contributed by atoms with van der Waals surface area (Å²) in [6.07, 6.45) is -2.62. The standard InChI is InChI=1S/C19H21F3N4O3S/c1-2-15(12-4-3-5-14(8-12)30(23,28)29)25-18(27)26-17-10-13(19(20,21)22)9-16(24-17)11-6-7-11/h3-5,8-11,15H,2,6-7H2,1H3,(H2,23,28,29)(H2,24,25,26,27). The largest absolute Gasteiger partial charge is 0.416 e. The minimum Gasteiger partial charge on any atom is -0.331 e. The molecule has 1 aliphatic rings. The van der Waals surface area contributed by atoms with Crippen LogP contribution in [0.15, 0.2) is 41.3 Å². The fraction of sp³-hybridized carbons (Fsp3) is 0.368. The average Bonchev–Trinajstić information content (AvgIpc) is 3.50. The number of hydrogen-bond donors (Lipinski definition) is 3. The second kappa shape index (κ2) is 8.23. The van der Waals surface area contributed by atoms with E-state index < -0.39 is 33.8 Å². The number of nitrogens with one attached hydrogen (secondary N) is 2. The van der Waals surface area contributed by atoms with Crippen molar-refractivity contribution in [2.45, 2.75) is 49.2 Å². The van der Waals surface area contributed by atoms with Gasteiger partial charge in [0.15, 0.2) is 0 Å². The Morgan fingerprint density at radius 2 is 1.97 bits per heavy atom. The summed E-state index contributed by atoms with van der Waals surface area (Å²) < 4.78 is 62.6. The predicted octanol–water partition coefficient (Wildman–Crippen LogP) is 3.90. The number of sulfonamides is 1. The van der Waals surface area contributed by atoms with E-state index in [4.69, 9.17) is 5.14 Å². The van der Waals surface area contributed by atoms with Gasteiger partial charge in [-0.3, -0.25) is 5.32 Å². The molecule has 162 valence electrons. The number of halogens is 3. The summed E-state index contributed by atoms with van der Waals surface area (Å²) in [6.45, 7) is 1.77. The molecule has 1 aromatic heterocycles. The van der Waals surface area contributed by atoms with Gasteiger partial charge >= 0.3 is 12.2 Å². The summed E-state index contributed by atoms with van der Waals surface area (Å²) >= 11 is 0. The van der Waals surface area contributed by atoms with Crippen LogP contribution < -0.4 is 15.8 Å². The Morgan fingerprint density at radius 1 is 1.27 bits per heavy atom. The molecule has 2 aromatic rings. The van der Waals surface area contributed by atoms with Crippen molar-refractivity contribution in [3.63, 3.8) is 0 Å². The lowest BCUT2D eigenvalue weighted by Gasteiger charge is -2.19. The van der Waals surface area contributed by atoms with Gasteiger partial charge in [-0.25, -0.2) is 23.3 Å². The molecule has 1 unspecified atom stereocenters. The molecule has 2 amide bonds. The molecule has 1 atom stereocenters. The summed E-state index contributed by atoms with van der Waals surface area (Å²) in [5.74, 6) is -0.224. The van der Waals surface area contributed by atoms with Gasteiger partial charge in [0.1, 0.15) is 5.82 Å². The molecule has 11 heteroatoms. The number of primary sulfonamides is 1. The minimum absolute atomic E-state index is 0.0275. The van der Waals surface area contributed by atoms with Gasteiger partial charge in [0.2, 0.25) is 10.0 Å². The number of nitrogens with zero attached hydrogens (tertiary/aromatic N) is 1. The topological polar surface area (TPSA) is 114 Å². The third kappa shape index (κ3) is 5.48. The van der Waals surface area contributed by atoms with Crippen LogP contribution in [0, 0.1) is 0 Å². The normalized spacial score (nSPS) is 15.5. The van der Waals surface area contributed by atoms with E-state index in [-0.39, 0.29) is 16.6 Å². The molecular weight excluding hydrogens is 421 g/mol. The fourth-order valence-electron chi connectivity index (χ4n) is 3.01. The highest BCUT2D eigenvalue weighted by Gasteiger charge is 2.34. The molecule has 1 fully saturated rings. The first-order valence-electron chi connectivity index (χ1n) is 9.27. The van der Waals surface area contributed by atoms with E-state index in [1.165, 1.54) is 18.2 Å². The van der Waals surface area contributed by atoms with Crippen LogP contribution >= 0.6 is 0 Å². The number of hydrogen-bond acceptors (Lipinski definition) is 4. The van der Waals surface area contributed by atoms with E-state index in [0.717, 1.165) is 25.0 Å². The first-order valence-corrected chi connectivity index (χ1v) is 10.8. The Balaban J connectivity index is 1.78. The van der Waals surface area contributed by atoms with Crippen molar-refractivity contribution in [1.82, 2.24) is 10.3 Å². The van der Waals surface area contributed by atoms with Crippen LogP contribution in [-0.4, -0.2) is 19.4 Å². The van der Waals surface area contributed by atoms with Crippen molar-refractivity contribution in [1.29, 1.82) is 0 Å². The number of alkyl halides is 3. The zero-order chi connectivity index (χ0) is 22.1. The van der Waals surface area contributed by atoms with Crippen molar-refractivity contribution >= 4 is 21.9 Å². The number of nitrogens with two attached hydrogens (primary N) is 1. The van der Waals surface area contributed by atoms with E-state index in [1.54, 1.807) is 13.0 Å². The van der Waals surface area contributed by atoms with Gasteiger partial charge in [-0.2, -0.15) is 13.2 Å². The fourth-order valence-corrected chi connectivity index (χ4v) is 3.58. The van der Waals surface area contributed by atoms with Crippen molar-refractivity contribution in [3.05, 3.63) is 53.2 Å². The number of urea groups is 1. The van der Waals surface area contributed by atoms with Crippen LogP contribution in [0.4, 0.5) is 23.8 Å². The number of carbonyl (C=O) groups excluding carboxylic acids is 1. The molecular formula is C19H21F3N4O3S. The van der Waals surface area contributed by atoms with Crippen LogP contribution in [0.25, 0.3) is 0 Å². The van der Waals surface area contributed by atoms with Crippen LogP contribution in [0.3, 0.4) is 0 Å². The Labute approximate surface area is 171 Å². The van der Waals surface area contributed by atoms with Crippen molar-refractivity contribution in [2.24, 2.45) is 5.14 Å². The molecule has 7 nitrogen and oxygen atoms in total. The molecule has 0 spiro atoms. The molecule has 1 aromatic carbocycles. The maximum absolute atomic E-state index is 13.2. The lowest BCUT2D eigenvalue weighted by Crippen LogP contribution is -2.33. The third-order valence-electron chi connectivity index (χ3n) is 4.71. The smallest absolute Gasteiger partial charge is 0.331 e. The lowest BCUT2D eigenvalue weighted by molar-refractivity contribution is -0.137. The summed E-state index contributed by atoms with van der Waals surface area (Å²) in [4.78, 5) is 16.4. The molecule has 1 heterocycles. The first-order chi connectivity index (χ1) is 14.0. The lowest BCUT2D eigenvalue weighted by atomic mass is 10.1. The van der Waals surface area contributed by atoms with E-state index in [0.29, 0.717) is 17.7 Å². The van der Waals surface area contributed by atoms with Gasteiger partial charge in [-0.1, -0.05) is 19.1 Å². The summed E-state index contributed by atoms with van der Waals surface area (Å²) in [6, 6.07) is 6.25. The number of pyridine rings is 1. The van der Waals surface area contributed by atoms with Crippen molar-refractivity contribution in [3.8, 4) is 0 Å². The Kier molecular flexibility index (Phi) is 6.04. The number of rotatable bonds is 6. The van der Waals surface area contributed by atoms with Gasteiger partial charge in [0, 0.05) is 11.6 Å². The van der Waals surface area contributed by atoms with Gasteiger partial charge < -0.3 is 5.32 Å². The molecule has 0 radical (unpaired) electrons. The molecule has 0 saturated heterocycles. The average molecular weight is 442 g/mol. The highest BCUT2D eigenvalue weighted by Crippen LogP contribution is 2.41. The molecule has 1 saturated carbocycles. The van der Waals surface area contributed by atoms with E-state index in [1.807, 2.05) is 0 Å². The number of anilines is 1.